The normalized spacial score (nSPS) is 22.6. The number of rotatable bonds is 17. The molecule has 4 aliphatic rings. The minimum atomic E-state index is -0.110. The molecule has 4 atom stereocenters. The maximum atomic E-state index is 13.2. The zero-order valence-electron chi connectivity index (χ0n) is 28.5. The van der Waals surface area contributed by atoms with Crippen LogP contribution in [-0.2, 0) is 9.47 Å². The van der Waals surface area contributed by atoms with Crippen molar-refractivity contribution >= 4 is 35.6 Å². The first-order valence-corrected chi connectivity index (χ1v) is 17.9. The minimum Gasteiger partial charge on any atom is -0.497 e. The molecule has 2 fully saturated rings. The summed E-state index contributed by atoms with van der Waals surface area (Å²) in [7, 11) is 3.22. The van der Waals surface area contributed by atoms with E-state index < -0.39 is 0 Å². The van der Waals surface area contributed by atoms with E-state index in [2.05, 4.69) is 9.98 Å². The number of amides is 2. The molecule has 6 rings (SSSR count). The third-order valence-corrected chi connectivity index (χ3v) is 10.1. The molecule has 4 aliphatic heterocycles. The fourth-order valence-corrected chi connectivity index (χ4v) is 7.33. The highest BCUT2D eigenvalue weighted by molar-refractivity contribution is 6.04. The molecule has 0 N–H and O–H groups in total. The van der Waals surface area contributed by atoms with Crippen LogP contribution in [0.3, 0.4) is 0 Å². The van der Waals surface area contributed by atoms with E-state index in [1.54, 1.807) is 26.4 Å². The monoisotopic (exact) mass is 658 g/mol. The Morgan fingerprint density at radius 1 is 0.604 bits per heavy atom. The van der Waals surface area contributed by atoms with Gasteiger partial charge in [0.05, 0.1) is 61.0 Å². The first-order chi connectivity index (χ1) is 23.6. The fourth-order valence-electron chi connectivity index (χ4n) is 7.33. The maximum Gasteiger partial charge on any atom is 0.256 e. The van der Waals surface area contributed by atoms with E-state index in [4.69, 9.17) is 18.9 Å². The first-order valence-electron chi connectivity index (χ1n) is 17.9. The van der Waals surface area contributed by atoms with E-state index in [0.29, 0.717) is 47.1 Å². The molecular weight excluding hydrogens is 608 g/mol. The van der Waals surface area contributed by atoms with Crippen molar-refractivity contribution in [2.24, 2.45) is 9.98 Å². The summed E-state index contributed by atoms with van der Waals surface area (Å²) >= 11 is 0. The smallest absolute Gasteiger partial charge is 0.256 e. The van der Waals surface area contributed by atoms with Gasteiger partial charge in [-0.05, 0) is 62.1 Å². The predicted octanol–water partition coefficient (Wildman–Crippen LogP) is 6.94. The lowest BCUT2D eigenvalue weighted by Crippen LogP contribution is -2.40. The Morgan fingerprint density at radius 2 is 1.00 bits per heavy atom. The highest BCUT2D eigenvalue weighted by Crippen LogP contribution is 2.34. The van der Waals surface area contributed by atoms with Gasteiger partial charge in [0.25, 0.3) is 11.8 Å². The molecule has 2 aromatic rings. The van der Waals surface area contributed by atoms with Crippen LogP contribution in [-0.4, -0.2) is 98.9 Å². The Labute approximate surface area is 284 Å². The number of carbonyl (C=O) groups excluding carboxylic acids is 2. The van der Waals surface area contributed by atoms with E-state index in [0.717, 1.165) is 38.9 Å². The molecule has 0 bridgehead atoms. The molecule has 258 valence electrons. The van der Waals surface area contributed by atoms with E-state index in [9.17, 15) is 9.59 Å². The Balaban J connectivity index is 0.777. The summed E-state index contributed by atoms with van der Waals surface area (Å²) in [6.45, 7) is 2.83. The molecule has 0 radical (unpaired) electrons. The molecule has 10 heteroatoms. The first kappa shape index (κ1) is 34.1. The molecule has 2 saturated heterocycles. The van der Waals surface area contributed by atoms with Gasteiger partial charge in [-0.3, -0.25) is 19.6 Å². The van der Waals surface area contributed by atoms with Crippen molar-refractivity contribution in [3.05, 3.63) is 47.5 Å². The van der Waals surface area contributed by atoms with Crippen LogP contribution >= 0.6 is 0 Å². The average Bonchev–Trinajstić information content (AvgIpc) is 3.65. The Kier molecular flexibility index (Phi) is 11.8. The van der Waals surface area contributed by atoms with E-state index >= 15 is 0 Å². The minimum absolute atomic E-state index is 0.00389. The summed E-state index contributed by atoms with van der Waals surface area (Å²) < 4.78 is 23.1. The lowest BCUT2D eigenvalue weighted by atomic mass is 10.1. The summed E-state index contributed by atoms with van der Waals surface area (Å²) in [5.74, 6) is 1.34. The van der Waals surface area contributed by atoms with Gasteiger partial charge in [0.2, 0.25) is 0 Å². The Hall–Kier alpha value is -3.76. The van der Waals surface area contributed by atoms with Crippen LogP contribution in [0.2, 0.25) is 0 Å². The molecule has 10 nitrogen and oxygen atoms in total. The SMILES string of the molecule is COc1ccc2c(c1)C(=O)N1CCC(OCCCCCCCCCCCCOC3CCN4C(=O)c5cc(OC)ccc5N=C[C@@H]34)[C@@H]1C=N2. The van der Waals surface area contributed by atoms with Crippen LogP contribution in [0.1, 0.15) is 97.8 Å². The van der Waals surface area contributed by atoms with Gasteiger partial charge in [-0.25, -0.2) is 0 Å². The number of methoxy groups -OCH3 is 2. The number of carbonyl (C=O) groups is 2. The highest BCUT2D eigenvalue weighted by atomic mass is 16.5. The number of hydrogen-bond acceptors (Lipinski definition) is 8. The van der Waals surface area contributed by atoms with Crippen molar-refractivity contribution in [1.29, 1.82) is 0 Å². The average molecular weight is 659 g/mol. The van der Waals surface area contributed by atoms with Gasteiger partial charge < -0.3 is 28.7 Å². The van der Waals surface area contributed by atoms with Crippen LogP contribution < -0.4 is 9.47 Å². The van der Waals surface area contributed by atoms with Crippen molar-refractivity contribution in [2.45, 2.75) is 101 Å². The third-order valence-electron chi connectivity index (χ3n) is 10.1. The molecular formula is C38H50N4O6. The highest BCUT2D eigenvalue weighted by Gasteiger charge is 2.40. The zero-order valence-corrected chi connectivity index (χ0v) is 28.5. The summed E-state index contributed by atoms with van der Waals surface area (Å²) in [6, 6.07) is 10.7. The number of ether oxygens (including phenoxy) is 4. The standard InChI is InChI=1S/C38H50N4O6/c1-45-27-13-15-31-29(23-27)37(43)41-19-17-35(33(41)25-39-31)47-21-11-9-7-5-3-4-6-8-10-12-22-48-36-18-20-42-34(36)26-40-32-16-14-28(46-2)24-30(32)38(42)44/h13-16,23-26,33-36H,3-12,17-22H2,1-2H3/t33-,34-,35?,36?/m0/s1. The van der Waals surface area contributed by atoms with Crippen molar-refractivity contribution < 1.29 is 28.5 Å². The number of hydrogen-bond donors (Lipinski definition) is 0. The molecule has 0 spiro atoms. The molecule has 2 aromatic carbocycles. The van der Waals surface area contributed by atoms with Crippen molar-refractivity contribution in [1.82, 2.24) is 9.80 Å². The molecule has 4 heterocycles. The Bertz CT molecular complexity index is 1370. The van der Waals surface area contributed by atoms with Crippen molar-refractivity contribution in [3.8, 4) is 11.5 Å². The summed E-state index contributed by atoms with van der Waals surface area (Å²) in [6.07, 6.45) is 17.5. The number of aliphatic imine (C=N–C) groups is 2. The van der Waals surface area contributed by atoms with E-state index in [1.165, 1.54) is 51.4 Å². The lowest BCUT2D eigenvalue weighted by molar-refractivity contribution is 0.0403. The Morgan fingerprint density at radius 3 is 1.40 bits per heavy atom. The second kappa shape index (κ2) is 16.6. The molecule has 0 saturated carbocycles. The van der Waals surface area contributed by atoms with Crippen molar-refractivity contribution in [2.75, 3.05) is 40.5 Å². The van der Waals surface area contributed by atoms with Crippen LogP contribution in [0.4, 0.5) is 11.4 Å². The van der Waals surface area contributed by atoms with Gasteiger partial charge >= 0.3 is 0 Å². The van der Waals surface area contributed by atoms with E-state index in [-0.39, 0.29) is 36.1 Å². The molecule has 0 aromatic heterocycles. The number of benzene rings is 2. The van der Waals surface area contributed by atoms with Gasteiger partial charge in [0.1, 0.15) is 11.5 Å². The maximum absolute atomic E-state index is 13.2. The van der Waals surface area contributed by atoms with Crippen LogP contribution in [0.15, 0.2) is 46.4 Å². The number of unbranched alkanes of at least 4 members (excludes halogenated alkanes) is 9. The quantitative estimate of drug-likeness (QED) is 0.171. The van der Waals surface area contributed by atoms with E-state index in [1.807, 2.05) is 46.5 Å². The lowest BCUT2D eigenvalue weighted by Gasteiger charge is -2.23. The number of fused-ring (bicyclic) bond motifs is 4. The topological polar surface area (TPSA) is 102 Å². The largest absolute Gasteiger partial charge is 0.497 e. The van der Waals surface area contributed by atoms with Crippen LogP contribution in [0.25, 0.3) is 0 Å². The third kappa shape index (κ3) is 7.92. The second-order valence-electron chi connectivity index (χ2n) is 13.2. The van der Waals surface area contributed by atoms with Gasteiger partial charge in [0.15, 0.2) is 0 Å². The number of nitrogens with zero attached hydrogens (tertiary/aromatic N) is 4. The summed E-state index contributed by atoms with van der Waals surface area (Å²) in [4.78, 5) is 39.4. The molecule has 48 heavy (non-hydrogen) atoms. The summed E-state index contributed by atoms with van der Waals surface area (Å²) in [5, 5.41) is 0. The van der Waals surface area contributed by atoms with Gasteiger partial charge in [-0.1, -0.05) is 51.4 Å². The van der Waals surface area contributed by atoms with Crippen molar-refractivity contribution in [3.63, 3.8) is 0 Å². The molecule has 2 unspecified atom stereocenters. The van der Waals surface area contributed by atoms with Crippen LogP contribution in [0.5, 0.6) is 11.5 Å². The van der Waals surface area contributed by atoms with Crippen LogP contribution in [0, 0.1) is 0 Å². The molecule has 2 amide bonds. The second-order valence-corrected chi connectivity index (χ2v) is 13.2. The zero-order chi connectivity index (χ0) is 33.3. The fraction of sp³-hybridized carbons (Fsp3) is 0.579. The van der Waals surface area contributed by atoms with Gasteiger partial charge in [-0.15, -0.1) is 0 Å². The van der Waals surface area contributed by atoms with Gasteiger partial charge in [-0.2, -0.15) is 0 Å². The van der Waals surface area contributed by atoms with Gasteiger partial charge in [0, 0.05) is 38.7 Å². The summed E-state index contributed by atoms with van der Waals surface area (Å²) in [5.41, 5.74) is 2.58. The molecule has 0 aliphatic carbocycles. The predicted molar refractivity (Wildman–Crippen MR) is 187 cm³/mol.